The predicted octanol–water partition coefficient (Wildman–Crippen LogP) is 1.51. The Labute approximate surface area is 128 Å². The van der Waals surface area contributed by atoms with Crippen molar-refractivity contribution < 1.29 is 4.74 Å². The zero-order valence-electron chi connectivity index (χ0n) is 11.5. The number of nitrogens with one attached hydrogen (secondary N) is 1. The van der Waals surface area contributed by atoms with Crippen molar-refractivity contribution in [2.45, 2.75) is 6.61 Å². The molecule has 0 unspecified atom stereocenters. The second-order valence-corrected chi connectivity index (χ2v) is 5.08. The van der Waals surface area contributed by atoms with E-state index in [1.54, 1.807) is 18.5 Å². The maximum atomic E-state index is 5.85. The number of aromatic nitrogens is 3. The van der Waals surface area contributed by atoms with Gasteiger partial charge in [0, 0.05) is 26.2 Å². The van der Waals surface area contributed by atoms with Gasteiger partial charge < -0.3 is 15.0 Å². The van der Waals surface area contributed by atoms with Gasteiger partial charge in [-0.25, -0.2) is 4.98 Å². The monoisotopic (exact) mass is 305 g/mol. The van der Waals surface area contributed by atoms with Crippen LogP contribution in [0.5, 0.6) is 5.88 Å². The molecule has 0 radical (unpaired) electrons. The summed E-state index contributed by atoms with van der Waals surface area (Å²) in [4.78, 5) is 15.0. The lowest BCUT2D eigenvalue weighted by Crippen LogP contribution is -2.43. The number of hydrogen-bond acceptors (Lipinski definition) is 6. The van der Waals surface area contributed by atoms with E-state index in [-0.39, 0.29) is 0 Å². The molecule has 1 aliphatic heterocycles. The van der Waals surface area contributed by atoms with E-state index in [1.165, 1.54) is 0 Å². The number of hydrogen-bond donors (Lipinski definition) is 1. The van der Waals surface area contributed by atoms with Gasteiger partial charge >= 0.3 is 0 Å². The Bertz CT molecular complexity index is 603. The zero-order valence-corrected chi connectivity index (χ0v) is 12.3. The Morgan fingerprint density at radius 2 is 2.05 bits per heavy atom. The molecule has 0 spiro atoms. The van der Waals surface area contributed by atoms with Gasteiger partial charge in [-0.3, -0.25) is 4.98 Å². The van der Waals surface area contributed by atoms with Crippen LogP contribution in [0.2, 0.25) is 5.15 Å². The lowest BCUT2D eigenvalue weighted by Gasteiger charge is -2.28. The molecule has 6 nitrogen and oxygen atoms in total. The summed E-state index contributed by atoms with van der Waals surface area (Å²) < 4.78 is 5.64. The summed E-state index contributed by atoms with van der Waals surface area (Å²) in [6.07, 6.45) is 3.37. The fourth-order valence-corrected chi connectivity index (χ4v) is 2.31. The van der Waals surface area contributed by atoms with Crippen molar-refractivity contribution in [2.75, 3.05) is 31.1 Å². The topological polar surface area (TPSA) is 63.2 Å². The van der Waals surface area contributed by atoms with Crippen LogP contribution in [-0.2, 0) is 6.61 Å². The van der Waals surface area contributed by atoms with E-state index in [0.29, 0.717) is 17.6 Å². The molecule has 0 atom stereocenters. The minimum Gasteiger partial charge on any atom is -0.470 e. The highest BCUT2D eigenvalue weighted by molar-refractivity contribution is 6.29. The van der Waals surface area contributed by atoms with Crippen molar-refractivity contribution in [1.82, 2.24) is 20.3 Å². The van der Waals surface area contributed by atoms with Crippen molar-refractivity contribution in [3.05, 3.63) is 41.4 Å². The second-order valence-electron chi connectivity index (χ2n) is 4.69. The Hall–Kier alpha value is -1.92. The van der Waals surface area contributed by atoms with Gasteiger partial charge in [-0.2, -0.15) is 4.98 Å². The highest BCUT2D eigenvalue weighted by Gasteiger charge is 2.12. The molecular formula is C14H16ClN5O. The molecule has 0 amide bonds. The average Bonchev–Trinajstić information content (AvgIpc) is 2.54. The first kappa shape index (κ1) is 14.0. The van der Waals surface area contributed by atoms with Crippen molar-refractivity contribution in [1.29, 1.82) is 0 Å². The highest BCUT2D eigenvalue weighted by Crippen LogP contribution is 2.15. The van der Waals surface area contributed by atoms with E-state index in [2.05, 4.69) is 25.2 Å². The van der Waals surface area contributed by atoms with E-state index >= 15 is 0 Å². The molecule has 2 aromatic heterocycles. The van der Waals surface area contributed by atoms with Gasteiger partial charge in [-0.1, -0.05) is 17.7 Å². The lowest BCUT2D eigenvalue weighted by molar-refractivity contribution is 0.288. The highest BCUT2D eigenvalue weighted by atomic mass is 35.5. The minimum absolute atomic E-state index is 0.320. The molecule has 1 saturated heterocycles. The Morgan fingerprint density at radius 1 is 1.19 bits per heavy atom. The summed E-state index contributed by atoms with van der Waals surface area (Å²) in [6, 6.07) is 5.44. The van der Waals surface area contributed by atoms with E-state index in [9.17, 15) is 0 Å². The number of halogens is 1. The summed E-state index contributed by atoms with van der Waals surface area (Å²) in [6.45, 7) is 4.08. The van der Waals surface area contributed by atoms with E-state index in [1.807, 2.05) is 12.1 Å². The van der Waals surface area contributed by atoms with Crippen LogP contribution in [0, 0.1) is 0 Å². The fourth-order valence-electron chi connectivity index (χ4n) is 2.13. The molecule has 0 aromatic carbocycles. The molecule has 21 heavy (non-hydrogen) atoms. The van der Waals surface area contributed by atoms with Crippen molar-refractivity contribution >= 4 is 17.4 Å². The Morgan fingerprint density at radius 3 is 2.86 bits per heavy atom. The van der Waals surface area contributed by atoms with Gasteiger partial charge in [0.05, 0.1) is 18.1 Å². The minimum atomic E-state index is 0.320. The molecule has 7 heteroatoms. The predicted molar refractivity (Wildman–Crippen MR) is 80.7 cm³/mol. The third-order valence-electron chi connectivity index (χ3n) is 3.18. The van der Waals surface area contributed by atoms with Gasteiger partial charge in [0.15, 0.2) is 5.82 Å². The first-order valence-corrected chi connectivity index (χ1v) is 7.21. The largest absolute Gasteiger partial charge is 0.470 e. The Kier molecular flexibility index (Phi) is 4.47. The molecule has 0 aliphatic carbocycles. The summed E-state index contributed by atoms with van der Waals surface area (Å²) in [7, 11) is 0. The maximum absolute atomic E-state index is 5.85. The van der Waals surface area contributed by atoms with E-state index in [0.717, 1.165) is 37.7 Å². The molecule has 1 N–H and O–H groups in total. The van der Waals surface area contributed by atoms with Crippen LogP contribution in [0.25, 0.3) is 0 Å². The molecule has 1 fully saturated rings. The Balaban J connectivity index is 1.65. The fraction of sp³-hybridized carbons (Fsp3) is 0.357. The van der Waals surface area contributed by atoms with Crippen LogP contribution < -0.4 is 15.0 Å². The molecule has 0 saturated carbocycles. The SMILES string of the molecule is Clc1cccc(COc2cncc(N3CCNCC3)n2)n1. The number of pyridine rings is 1. The van der Waals surface area contributed by atoms with Crippen LogP contribution in [0.3, 0.4) is 0 Å². The first-order chi connectivity index (χ1) is 10.3. The third kappa shape index (κ3) is 3.80. The number of piperazine rings is 1. The molecule has 2 aromatic rings. The molecule has 0 bridgehead atoms. The second kappa shape index (κ2) is 6.69. The third-order valence-corrected chi connectivity index (χ3v) is 3.39. The van der Waals surface area contributed by atoms with Gasteiger partial charge in [0.1, 0.15) is 11.8 Å². The van der Waals surface area contributed by atoms with Crippen molar-refractivity contribution in [2.24, 2.45) is 0 Å². The average molecular weight is 306 g/mol. The molecule has 110 valence electrons. The summed E-state index contributed by atoms with van der Waals surface area (Å²) in [5.41, 5.74) is 0.761. The zero-order chi connectivity index (χ0) is 14.5. The molecule has 1 aliphatic rings. The van der Waals surface area contributed by atoms with Crippen LogP contribution in [-0.4, -0.2) is 41.1 Å². The normalized spacial score (nSPS) is 15.0. The van der Waals surface area contributed by atoms with Gasteiger partial charge in [0.25, 0.3) is 0 Å². The van der Waals surface area contributed by atoms with Gasteiger partial charge in [-0.15, -0.1) is 0 Å². The molecule has 3 heterocycles. The van der Waals surface area contributed by atoms with Crippen molar-refractivity contribution in [3.8, 4) is 5.88 Å². The molecular weight excluding hydrogens is 290 g/mol. The standard InChI is InChI=1S/C14H16ClN5O/c15-12-3-1-2-11(18-12)10-21-14-9-17-8-13(19-14)20-6-4-16-5-7-20/h1-3,8-9,16H,4-7,10H2. The van der Waals surface area contributed by atoms with E-state index in [4.69, 9.17) is 16.3 Å². The summed E-state index contributed by atoms with van der Waals surface area (Å²) in [5.74, 6) is 1.33. The quantitative estimate of drug-likeness (QED) is 0.864. The van der Waals surface area contributed by atoms with Crippen LogP contribution >= 0.6 is 11.6 Å². The number of ether oxygens (including phenoxy) is 1. The number of rotatable bonds is 4. The van der Waals surface area contributed by atoms with Crippen molar-refractivity contribution in [3.63, 3.8) is 0 Å². The smallest absolute Gasteiger partial charge is 0.234 e. The molecule has 3 rings (SSSR count). The summed E-state index contributed by atoms with van der Waals surface area (Å²) in [5, 5.41) is 3.76. The lowest BCUT2D eigenvalue weighted by atomic mass is 10.3. The van der Waals surface area contributed by atoms with Crippen LogP contribution in [0.4, 0.5) is 5.82 Å². The number of anilines is 1. The van der Waals surface area contributed by atoms with Crippen LogP contribution in [0.15, 0.2) is 30.6 Å². The summed E-state index contributed by atoms with van der Waals surface area (Å²) >= 11 is 5.85. The number of nitrogens with zero attached hydrogens (tertiary/aromatic N) is 4. The van der Waals surface area contributed by atoms with E-state index < -0.39 is 0 Å². The first-order valence-electron chi connectivity index (χ1n) is 6.83. The van der Waals surface area contributed by atoms with Gasteiger partial charge in [0.2, 0.25) is 5.88 Å². The van der Waals surface area contributed by atoms with Gasteiger partial charge in [-0.05, 0) is 12.1 Å². The van der Waals surface area contributed by atoms with Crippen LogP contribution in [0.1, 0.15) is 5.69 Å². The maximum Gasteiger partial charge on any atom is 0.234 e.